The molecule has 0 unspecified atom stereocenters. The van der Waals surface area contributed by atoms with Crippen molar-refractivity contribution < 1.29 is 14.6 Å². The van der Waals surface area contributed by atoms with Crippen molar-refractivity contribution in [3.63, 3.8) is 0 Å². The number of carboxylic acids is 1. The van der Waals surface area contributed by atoms with E-state index in [4.69, 9.17) is 9.84 Å². The normalized spacial score (nSPS) is 11.2. The molecule has 1 rings (SSSR count). The van der Waals surface area contributed by atoms with Gasteiger partial charge in [0, 0.05) is 0 Å². The first-order valence-electron chi connectivity index (χ1n) is 4.97. The lowest BCUT2D eigenvalue weighted by atomic mass is 9.90. The molecule has 0 aliphatic carbocycles. The number of nitrogens with zero attached hydrogens (tertiary/aromatic N) is 2. The molecular formula is C11H16N2O3. The summed E-state index contributed by atoms with van der Waals surface area (Å²) in [6, 6.07) is 1.51. The number of aromatic carboxylic acids is 1. The Hall–Kier alpha value is -1.65. The van der Waals surface area contributed by atoms with Crippen LogP contribution < -0.4 is 4.74 Å². The lowest BCUT2D eigenvalue weighted by molar-refractivity contribution is 0.0691. The van der Waals surface area contributed by atoms with Crippen molar-refractivity contribution in [1.82, 2.24) is 10.2 Å². The Morgan fingerprint density at radius 1 is 1.44 bits per heavy atom. The van der Waals surface area contributed by atoms with Gasteiger partial charge in [0.1, 0.15) is 5.56 Å². The summed E-state index contributed by atoms with van der Waals surface area (Å²) in [5.74, 6) is -1.01. The van der Waals surface area contributed by atoms with Gasteiger partial charge in [0.2, 0.25) is 5.88 Å². The molecule has 0 aromatic carbocycles. The minimum Gasteiger partial charge on any atom is -0.479 e. The van der Waals surface area contributed by atoms with Crippen LogP contribution in [0.15, 0.2) is 6.07 Å². The molecule has 0 saturated carbocycles. The van der Waals surface area contributed by atoms with Gasteiger partial charge in [0.05, 0.1) is 12.8 Å². The Kier molecular flexibility index (Phi) is 3.47. The number of rotatable bonds is 3. The van der Waals surface area contributed by atoms with Gasteiger partial charge in [-0.05, 0) is 17.9 Å². The number of methoxy groups -OCH3 is 1. The van der Waals surface area contributed by atoms with Crippen LogP contribution in [0.25, 0.3) is 0 Å². The topological polar surface area (TPSA) is 72.3 Å². The Morgan fingerprint density at radius 2 is 2.06 bits per heavy atom. The predicted molar refractivity (Wildman–Crippen MR) is 58.7 cm³/mol. The maximum Gasteiger partial charge on any atom is 0.341 e. The highest BCUT2D eigenvalue weighted by molar-refractivity contribution is 5.90. The molecule has 0 atom stereocenters. The van der Waals surface area contributed by atoms with Gasteiger partial charge in [0.25, 0.3) is 0 Å². The lowest BCUT2D eigenvalue weighted by Gasteiger charge is -2.17. The molecule has 1 N–H and O–H groups in total. The van der Waals surface area contributed by atoms with Crippen LogP contribution in [-0.4, -0.2) is 28.4 Å². The zero-order valence-electron chi connectivity index (χ0n) is 9.94. The summed E-state index contributed by atoms with van der Waals surface area (Å²) in [5, 5.41) is 16.7. The molecular weight excluding hydrogens is 208 g/mol. The second-order valence-electron chi connectivity index (χ2n) is 4.80. The number of hydrogen-bond acceptors (Lipinski definition) is 4. The fourth-order valence-corrected chi connectivity index (χ4v) is 1.35. The molecule has 5 heteroatoms. The number of aromatic nitrogens is 2. The van der Waals surface area contributed by atoms with E-state index in [1.165, 1.54) is 13.2 Å². The second-order valence-corrected chi connectivity index (χ2v) is 4.80. The first-order valence-corrected chi connectivity index (χ1v) is 4.97. The van der Waals surface area contributed by atoms with Gasteiger partial charge in [0.15, 0.2) is 0 Å². The first kappa shape index (κ1) is 12.4. The fraction of sp³-hybridized carbons (Fsp3) is 0.545. The zero-order valence-corrected chi connectivity index (χ0v) is 9.94. The SMILES string of the molecule is COc1nnc(CC(C)(C)C)cc1C(=O)O. The molecule has 16 heavy (non-hydrogen) atoms. The molecule has 88 valence electrons. The van der Waals surface area contributed by atoms with Crippen molar-refractivity contribution >= 4 is 5.97 Å². The predicted octanol–water partition coefficient (Wildman–Crippen LogP) is 1.77. The van der Waals surface area contributed by atoms with Gasteiger partial charge in [-0.3, -0.25) is 0 Å². The number of ether oxygens (including phenoxy) is 1. The molecule has 0 saturated heterocycles. The van der Waals surface area contributed by atoms with Crippen molar-refractivity contribution in [2.75, 3.05) is 7.11 Å². The molecule has 0 spiro atoms. The Morgan fingerprint density at radius 3 is 2.50 bits per heavy atom. The minimum absolute atomic E-state index is 0.0407. The Bertz CT molecular complexity index is 397. The standard InChI is InChI=1S/C11H16N2O3/c1-11(2,3)6-7-5-8(10(14)15)9(16-4)13-12-7/h5H,6H2,1-4H3,(H,14,15). The van der Waals surface area contributed by atoms with Crippen molar-refractivity contribution in [2.45, 2.75) is 27.2 Å². The largest absolute Gasteiger partial charge is 0.479 e. The van der Waals surface area contributed by atoms with Crippen LogP contribution in [0.1, 0.15) is 36.8 Å². The summed E-state index contributed by atoms with van der Waals surface area (Å²) >= 11 is 0. The van der Waals surface area contributed by atoms with Gasteiger partial charge >= 0.3 is 5.97 Å². The summed E-state index contributed by atoms with van der Waals surface area (Å²) in [6.45, 7) is 6.16. The number of hydrogen-bond donors (Lipinski definition) is 1. The van der Waals surface area contributed by atoms with Gasteiger partial charge in [-0.25, -0.2) is 4.79 Å². The quantitative estimate of drug-likeness (QED) is 0.847. The van der Waals surface area contributed by atoms with Crippen LogP contribution in [-0.2, 0) is 6.42 Å². The van der Waals surface area contributed by atoms with E-state index < -0.39 is 5.97 Å². The van der Waals surface area contributed by atoms with E-state index >= 15 is 0 Å². The van der Waals surface area contributed by atoms with Gasteiger partial charge in [-0.2, -0.15) is 5.10 Å². The Balaban J connectivity index is 3.07. The summed E-state index contributed by atoms with van der Waals surface area (Å²) < 4.78 is 4.84. The third-order valence-electron chi connectivity index (χ3n) is 1.95. The van der Waals surface area contributed by atoms with Crippen LogP contribution in [0.3, 0.4) is 0 Å². The number of carboxylic acid groups (broad SMARTS) is 1. The van der Waals surface area contributed by atoms with Gasteiger partial charge in [-0.1, -0.05) is 20.8 Å². The van der Waals surface area contributed by atoms with Gasteiger partial charge in [-0.15, -0.1) is 5.10 Å². The van der Waals surface area contributed by atoms with E-state index in [9.17, 15) is 4.79 Å². The maximum atomic E-state index is 11.0. The Labute approximate surface area is 94.5 Å². The molecule has 1 aromatic rings. The van der Waals surface area contributed by atoms with E-state index in [1.807, 2.05) is 0 Å². The van der Waals surface area contributed by atoms with Crippen LogP contribution in [0.4, 0.5) is 0 Å². The molecule has 5 nitrogen and oxygen atoms in total. The third kappa shape index (κ3) is 3.18. The molecule has 0 bridgehead atoms. The number of carbonyl (C=O) groups is 1. The van der Waals surface area contributed by atoms with Gasteiger partial charge < -0.3 is 9.84 Å². The minimum atomic E-state index is -1.05. The molecule has 0 aliphatic heterocycles. The lowest BCUT2D eigenvalue weighted by Crippen LogP contribution is -2.13. The highest BCUT2D eigenvalue weighted by Crippen LogP contribution is 2.21. The van der Waals surface area contributed by atoms with Crippen LogP contribution in [0.2, 0.25) is 0 Å². The molecule has 1 heterocycles. The molecule has 0 aliphatic rings. The van der Waals surface area contributed by atoms with Crippen LogP contribution in [0.5, 0.6) is 5.88 Å². The average Bonchev–Trinajstić information content (AvgIpc) is 2.15. The molecule has 0 amide bonds. The second kappa shape index (κ2) is 4.47. The maximum absolute atomic E-state index is 11.0. The highest BCUT2D eigenvalue weighted by atomic mass is 16.5. The molecule has 0 fully saturated rings. The summed E-state index contributed by atoms with van der Waals surface area (Å²) in [7, 11) is 1.37. The van der Waals surface area contributed by atoms with E-state index in [-0.39, 0.29) is 16.9 Å². The summed E-state index contributed by atoms with van der Waals surface area (Å²) in [6.07, 6.45) is 0.671. The van der Waals surface area contributed by atoms with Crippen molar-refractivity contribution in [2.24, 2.45) is 5.41 Å². The van der Waals surface area contributed by atoms with Crippen LogP contribution in [0, 0.1) is 5.41 Å². The summed E-state index contributed by atoms with van der Waals surface area (Å²) in [4.78, 5) is 11.0. The van der Waals surface area contributed by atoms with Crippen molar-refractivity contribution in [3.8, 4) is 5.88 Å². The van der Waals surface area contributed by atoms with E-state index in [0.717, 1.165) is 0 Å². The molecule has 0 radical (unpaired) electrons. The van der Waals surface area contributed by atoms with Crippen molar-refractivity contribution in [1.29, 1.82) is 0 Å². The average molecular weight is 224 g/mol. The van der Waals surface area contributed by atoms with E-state index in [0.29, 0.717) is 12.1 Å². The monoisotopic (exact) mass is 224 g/mol. The third-order valence-corrected chi connectivity index (χ3v) is 1.95. The zero-order chi connectivity index (χ0) is 12.3. The molecule has 1 aromatic heterocycles. The highest BCUT2D eigenvalue weighted by Gasteiger charge is 2.18. The van der Waals surface area contributed by atoms with E-state index in [2.05, 4.69) is 31.0 Å². The van der Waals surface area contributed by atoms with Crippen molar-refractivity contribution in [3.05, 3.63) is 17.3 Å². The smallest absolute Gasteiger partial charge is 0.341 e. The first-order chi connectivity index (χ1) is 7.33. The summed E-state index contributed by atoms with van der Waals surface area (Å²) in [5.41, 5.74) is 0.751. The fourth-order valence-electron chi connectivity index (χ4n) is 1.35. The van der Waals surface area contributed by atoms with E-state index in [1.54, 1.807) is 0 Å². The van der Waals surface area contributed by atoms with Crippen LogP contribution >= 0.6 is 0 Å².